The van der Waals surface area contributed by atoms with Gasteiger partial charge in [0.05, 0.1) is 22.5 Å². The summed E-state index contributed by atoms with van der Waals surface area (Å²) in [7, 11) is -2.85. The molecule has 10 nitrogen and oxygen atoms in total. The van der Waals surface area contributed by atoms with Gasteiger partial charge in [-0.15, -0.1) is 0 Å². The molecule has 1 amide bonds. The van der Waals surface area contributed by atoms with Crippen LogP contribution in [0.5, 0.6) is 0 Å². The van der Waals surface area contributed by atoms with Gasteiger partial charge in [-0.3, -0.25) is 9.36 Å². The molecule has 0 atom stereocenters. The standard InChI is InChI=1S/C31H37F3N5O5P/c1-4-30(5-2,45(42,43)44)19-8-10-20(11-9-19)36-29-35-16-24(31(32,33)34)27(38-29)37-25-15-14-22(18-6-12-21(40)13-7-18)23-17-39(3)28(41)26(23)25/h8-11,14-16,18,21,40H,4-7,12-13,17H2,1-3H3,(H2,42,43,44)(H2,35,36,37,38)/t18-,21-. The second-order valence-corrected chi connectivity index (χ2v) is 13.7. The predicted octanol–water partition coefficient (Wildman–Crippen LogP) is 6.78. The van der Waals surface area contributed by atoms with Gasteiger partial charge >= 0.3 is 13.8 Å². The highest BCUT2D eigenvalue weighted by Gasteiger charge is 2.45. The van der Waals surface area contributed by atoms with Gasteiger partial charge in [-0.05, 0) is 79.3 Å². The molecular weight excluding hydrogens is 610 g/mol. The van der Waals surface area contributed by atoms with Crippen molar-refractivity contribution in [2.45, 2.75) is 82.3 Å². The summed E-state index contributed by atoms with van der Waals surface area (Å²) in [5.74, 6) is -0.851. The first kappa shape index (κ1) is 32.9. The SMILES string of the molecule is CCC(CC)(c1ccc(Nc2ncc(C(F)(F)F)c(Nc3ccc([C@H]4CC[C@H](O)CC4)c4c3C(=O)N(C)C4)n2)cc1)P(=O)(O)O. The number of aromatic nitrogens is 2. The molecule has 2 aromatic carbocycles. The van der Waals surface area contributed by atoms with Crippen molar-refractivity contribution in [3.05, 3.63) is 70.4 Å². The van der Waals surface area contributed by atoms with Gasteiger partial charge < -0.3 is 30.4 Å². The summed E-state index contributed by atoms with van der Waals surface area (Å²) < 4.78 is 54.6. The van der Waals surface area contributed by atoms with E-state index >= 15 is 0 Å². The average molecular weight is 648 g/mol. The largest absolute Gasteiger partial charge is 0.421 e. The number of rotatable bonds is 9. The zero-order valence-corrected chi connectivity index (χ0v) is 26.1. The van der Waals surface area contributed by atoms with E-state index in [2.05, 4.69) is 20.6 Å². The van der Waals surface area contributed by atoms with Gasteiger partial charge in [-0.25, -0.2) is 4.98 Å². The van der Waals surface area contributed by atoms with Crippen LogP contribution < -0.4 is 10.6 Å². The average Bonchev–Trinajstić information content (AvgIpc) is 3.28. The highest BCUT2D eigenvalue weighted by atomic mass is 31.2. The Morgan fingerprint density at radius 1 is 1.00 bits per heavy atom. The molecule has 2 heterocycles. The fourth-order valence-corrected chi connectivity index (χ4v) is 7.86. The second-order valence-electron chi connectivity index (χ2n) is 11.8. The van der Waals surface area contributed by atoms with Gasteiger partial charge in [0.15, 0.2) is 0 Å². The lowest BCUT2D eigenvalue weighted by molar-refractivity contribution is -0.137. The van der Waals surface area contributed by atoms with E-state index in [9.17, 15) is 37.4 Å². The number of aliphatic hydroxyl groups is 1. The first-order chi connectivity index (χ1) is 21.2. The monoisotopic (exact) mass is 647 g/mol. The molecule has 1 fully saturated rings. The van der Waals surface area contributed by atoms with E-state index in [0.29, 0.717) is 42.4 Å². The number of alkyl halides is 3. The van der Waals surface area contributed by atoms with E-state index < -0.39 is 30.3 Å². The molecule has 2 aliphatic rings. The Hall–Kier alpha value is -3.51. The number of aliphatic hydroxyl groups excluding tert-OH is 1. The predicted molar refractivity (Wildman–Crippen MR) is 164 cm³/mol. The summed E-state index contributed by atoms with van der Waals surface area (Å²) in [4.78, 5) is 42.8. The minimum atomic E-state index is -4.79. The van der Waals surface area contributed by atoms with Crippen LogP contribution in [-0.2, 0) is 22.4 Å². The highest BCUT2D eigenvalue weighted by molar-refractivity contribution is 7.53. The Kier molecular flexibility index (Phi) is 9.02. The number of hydrogen-bond acceptors (Lipinski definition) is 7. The Bertz CT molecular complexity index is 1620. The minimum Gasteiger partial charge on any atom is -0.393 e. The number of carbonyl (C=O) groups is 1. The van der Waals surface area contributed by atoms with Crippen LogP contribution in [0.3, 0.4) is 0 Å². The van der Waals surface area contributed by atoms with Gasteiger partial charge in [0.25, 0.3) is 5.91 Å². The van der Waals surface area contributed by atoms with Crippen molar-refractivity contribution in [2.24, 2.45) is 0 Å². The molecule has 242 valence electrons. The normalized spacial score (nSPS) is 19.0. The summed E-state index contributed by atoms with van der Waals surface area (Å²) in [6.07, 6.45) is -1.23. The molecule has 0 saturated heterocycles. The highest BCUT2D eigenvalue weighted by Crippen LogP contribution is 2.61. The topological polar surface area (TPSA) is 148 Å². The molecule has 0 bridgehead atoms. The maximum absolute atomic E-state index is 14.1. The lowest BCUT2D eigenvalue weighted by Crippen LogP contribution is -2.24. The number of amides is 1. The molecule has 3 aromatic rings. The van der Waals surface area contributed by atoms with Crippen molar-refractivity contribution in [1.29, 1.82) is 0 Å². The molecule has 0 spiro atoms. The van der Waals surface area contributed by atoms with Gasteiger partial charge in [-0.2, -0.15) is 18.2 Å². The van der Waals surface area contributed by atoms with Gasteiger partial charge in [0.2, 0.25) is 5.95 Å². The molecule has 0 unspecified atom stereocenters. The van der Waals surface area contributed by atoms with Crippen molar-refractivity contribution < 1.29 is 37.4 Å². The van der Waals surface area contributed by atoms with Crippen LogP contribution in [0.15, 0.2) is 42.6 Å². The number of nitrogens with zero attached hydrogens (tertiary/aromatic N) is 3. The second kappa shape index (κ2) is 12.4. The first-order valence-corrected chi connectivity index (χ1v) is 16.5. The van der Waals surface area contributed by atoms with E-state index in [-0.39, 0.29) is 42.4 Å². The molecule has 5 N–H and O–H groups in total. The van der Waals surface area contributed by atoms with E-state index in [1.165, 1.54) is 4.90 Å². The molecule has 1 aromatic heterocycles. The van der Waals surface area contributed by atoms with Crippen LogP contribution in [-0.4, -0.2) is 48.8 Å². The fourth-order valence-electron chi connectivity index (χ4n) is 6.56. The quantitative estimate of drug-likeness (QED) is 0.159. The van der Waals surface area contributed by atoms with E-state index in [0.717, 1.165) is 24.0 Å². The molecule has 1 aliphatic carbocycles. The summed E-state index contributed by atoms with van der Waals surface area (Å²) in [6.45, 7) is 3.74. The van der Waals surface area contributed by atoms with Crippen molar-refractivity contribution in [3.8, 4) is 0 Å². The smallest absolute Gasteiger partial charge is 0.393 e. The lowest BCUT2D eigenvalue weighted by Gasteiger charge is -2.33. The number of hydrogen-bond donors (Lipinski definition) is 5. The number of halogens is 3. The Morgan fingerprint density at radius 3 is 2.22 bits per heavy atom. The summed E-state index contributed by atoms with van der Waals surface area (Å²) in [6, 6.07) is 9.71. The van der Waals surface area contributed by atoms with Crippen molar-refractivity contribution in [2.75, 3.05) is 17.7 Å². The lowest BCUT2D eigenvalue weighted by atomic mass is 9.80. The first-order valence-electron chi connectivity index (χ1n) is 14.9. The van der Waals surface area contributed by atoms with Crippen LogP contribution in [0, 0.1) is 0 Å². The number of anilines is 4. The molecule has 0 radical (unpaired) electrons. The third-order valence-electron chi connectivity index (χ3n) is 9.19. The molecule has 1 aliphatic heterocycles. The van der Waals surface area contributed by atoms with Crippen LogP contribution >= 0.6 is 7.60 Å². The van der Waals surface area contributed by atoms with Crippen molar-refractivity contribution >= 4 is 36.6 Å². The number of carbonyl (C=O) groups excluding carboxylic acids is 1. The minimum absolute atomic E-state index is 0.143. The summed E-state index contributed by atoms with van der Waals surface area (Å²) >= 11 is 0. The molecule has 5 rings (SSSR count). The maximum atomic E-state index is 14.1. The molecule has 45 heavy (non-hydrogen) atoms. The third-order valence-corrected chi connectivity index (χ3v) is 11.2. The maximum Gasteiger partial charge on any atom is 0.421 e. The van der Waals surface area contributed by atoms with Crippen LogP contribution in [0.1, 0.15) is 90.9 Å². The van der Waals surface area contributed by atoms with Crippen molar-refractivity contribution in [1.82, 2.24) is 14.9 Å². The third kappa shape index (κ3) is 6.31. The van der Waals surface area contributed by atoms with E-state index in [1.54, 1.807) is 51.2 Å². The Morgan fingerprint density at radius 2 is 1.64 bits per heavy atom. The Labute approximate surface area is 259 Å². The van der Waals surface area contributed by atoms with E-state index in [1.807, 2.05) is 6.07 Å². The Balaban J connectivity index is 1.47. The van der Waals surface area contributed by atoms with Crippen LogP contribution in [0.4, 0.5) is 36.3 Å². The summed E-state index contributed by atoms with van der Waals surface area (Å²) in [5.41, 5.74) is 1.97. The van der Waals surface area contributed by atoms with Gasteiger partial charge in [-0.1, -0.05) is 32.0 Å². The number of fused-ring (bicyclic) bond motifs is 1. The van der Waals surface area contributed by atoms with Crippen LogP contribution in [0.25, 0.3) is 0 Å². The van der Waals surface area contributed by atoms with Crippen molar-refractivity contribution in [3.63, 3.8) is 0 Å². The molecular formula is C31H37F3N5O5P. The fraction of sp³-hybridized carbons (Fsp3) is 0.452. The number of benzene rings is 2. The van der Waals surface area contributed by atoms with Gasteiger partial charge in [0, 0.05) is 25.5 Å². The molecule has 1 saturated carbocycles. The number of nitrogens with one attached hydrogen (secondary N) is 2. The van der Waals surface area contributed by atoms with Gasteiger partial charge in [0.1, 0.15) is 11.4 Å². The summed E-state index contributed by atoms with van der Waals surface area (Å²) in [5, 5.41) is 14.2. The van der Waals surface area contributed by atoms with Crippen LogP contribution in [0.2, 0.25) is 0 Å². The zero-order chi connectivity index (χ0) is 32.7. The molecule has 14 heteroatoms. The zero-order valence-electron chi connectivity index (χ0n) is 25.2. The van der Waals surface area contributed by atoms with E-state index in [4.69, 9.17) is 0 Å².